The summed E-state index contributed by atoms with van der Waals surface area (Å²) in [5.41, 5.74) is 5.85. The summed E-state index contributed by atoms with van der Waals surface area (Å²) in [5.74, 6) is 0.139. The van der Waals surface area contributed by atoms with Gasteiger partial charge in [-0.2, -0.15) is 0 Å². The molecule has 1 heterocycles. The number of nitrogens with zero attached hydrogens (tertiary/aromatic N) is 1. The molecule has 0 spiro atoms. The van der Waals surface area contributed by atoms with Crippen molar-refractivity contribution in [2.45, 2.75) is 56.9 Å². The first kappa shape index (κ1) is 14.3. The zero-order valence-corrected chi connectivity index (χ0v) is 11.6. The Balaban J connectivity index is 1.62. The van der Waals surface area contributed by atoms with Crippen molar-refractivity contribution in [3.05, 3.63) is 0 Å². The molecule has 0 unspecified atom stereocenters. The molecule has 108 valence electrons. The molecule has 0 aromatic carbocycles. The molecule has 1 saturated heterocycles. The number of amides is 2. The molecule has 0 radical (unpaired) electrons. The lowest BCUT2D eigenvalue weighted by molar-refractivity contribution is -0.130. The van der Waals surface area contributed by atoms with Gasteiger partial charge >= 0.3 is 0 Å². The Morgan fingerprint density at radius 3 is 2.37 bits per heavy atom. The van der Waals surface area contributed by atoms with Crippen LogP contribution < -0.4 is 11.1 Å². The molecule has 5 heteroatoms. The summed E-state index contributed by atoms with van der Waals surface area (Å²) in [6.45, 7) is 2.18. The van der Waals surface area contributed by atoms with Gasteiger partial charge in [0.25, 0.3) is 0 Å². The molecular weight excluding hydrogens is 242 g/mol. The second-order valence-corrected chi connectivity index (χ2v) is 5.93. The van der Waals surface area contributed by atoms with Crippen molar-refractivity contribution in [1.82, 2.24) is 10.2 Å². The number of carbonyl (C=O) groups is 2. The van der Waals surface area contributed by atoms with Gasteiger partial charge in [0.15, 0.2) is 0 Å². The van der Waals surface area contributed by atoms with Crippen molar-refractivity contribution in [2.24, 2.45) is 5.73 Å². The van der Waals surface area contributed by atoms with Crippen LogP contribution in [-0.4, -0.2) is 41.9 Å². The van der Waals surface area contributed by atoms with Crippen molar-refractivity contribution < 1.29 is 9.59 Å². The Kier molecular flexibility index (Phi) is 4.80. The number of rotatable bonds is 5. The van der Waals surface area contributed by atoms with Crippen LogP contribution in [0.5, 0.6) is 0 Å². The zero-order chi connectivity index (χ0) is 13.7. The van der Waals surface area contributed by atoms with Crippen LogP contribution in [0, 0.1) is 0 Å². The lowest BCUT2D eigenvalue weighted by Crippen LogP contribution is -2.42. The molecule has 0 atom stereocenters. The van der Waals surface area contributed by atoms with E-state index in [0.717, 1.165) is 51.6 Å². The van der Waals surface area contributed by atoms with Crippen LogP contribution in [0.2, 0.25) is 0 Å². The van der Waals surface area contributed by atoms with Crippen LogP contribution in [0.3, 0.4) is 0 Å². The Bertz CT molecular complexity index is 332. The standard InChI is InChI=1S/C14H25N3O2/c15-14(6-1-2-7-14)11-12(18)16-8-5-13(19)17-9-3-4-10-17/h1-11,15H2,(H,16,18). The van der Waals surface area contributed by atoms with Crippen LogP contribution in [0.4, 0.5) is 0 Å². The van der Waals surface area contributed by atoms with Gasteiger partial charge in [0.2, 0.25) is 11.8 Å². The second kappa shape index (κ2) is 6.37. The first-order chi connectivity index (χ1) is 9.09. The number of nitrogens with two attached hydrogens (primary N) is 1. The van der Waals surface area contributed by atoms with Crippen LogP contribution in [0.1, 0.15) is 51.4 Å². The molecule has 2 fully saturated rings. The van der Waals surface area contributed by atoms with Crippen molar-refractivity contribution in [3.63, 3.8) is 0 Å². The summed E-state index contributed by atoms with van der Waals surface area (Å²) >= 11 is 0. The monoisotopic (exact) mass is 267 g/mol. The molecule has 2 rings (SSSR count). The predicted molar refractivity (Wildman–Crippen MR) is 73.4 cm³/mol. The summed E-state index contributed by atoms with van der Waals surface area (Å²) in [5, 5.41) is 2.82. The number of likely N-dealkylation sites (tertiary alicyclic amines) is 1. The van der Waals surface area contributed by atoms with Gasteiger partial charge in [-0.3, -0.25) is 9.59 Å². The maximum absolute atomic E-state index is 11.8. The smallest absolute Gasteiger partial charge is 0.224 e. The maximum atomic E-state index is 11.8. The van der Waals surface area contributed by atoms with Crippen molar-refractivity contribution in [3.8, 4) is 0 Å². The van der Waals surface area contributed by atoms with E-state index in [0.29, 0.717) is 19.4 Å². The van der Waals surface area contributed by atoms with E-state index in [1.165, 1.54) is 0 Å². The number of hydrogen-bond donors (Lipinski definition) is 2. The molecule has 19 heavy (non-hydrogen) atoms. The van der Waals surface area contributed by atoms with E-state index >= 15 is 0 Å². The Hall–Kier alpha value is -1.10. The Morgan fingerprint density at radius 1 is 1.11 bits per heavy atom. The number of nitrogens with one attached hydrogen (secondary N) is 1. The molecule has 1 aliphatic carbocycles. The lowest BCUT2D eigenvalue weighted by Gasteiger charge is -2.22. The van der Waals surface area contributed by atoms with Crippen molar-refractivity contribution in [2.75, 3.05) is 19.6 Å². The van der Waals surface area contributed by atoms with Gasteiger partial charge in [-0.1, -0.05) is 12.8 Å². The SMILES string of the molecule is NC1(CC(=O)NCCC(=O)N2CCCC2)CCCC1. The van der Waals surface area contributed by atoms with Gasteiger partial charge in [-0.15, -0.1) is 0 Å². The number of hydrogen-bond acceptors (Lipinski definition) is 3. The zero-order valence-electron chi connectivity index (χ0n) is 11.6. The van der Waals surface area contributed by atoms with Gasteiger partial charge in [-0.05, 0) is 25.7 Å². The topological polar surface area (TPSA) is 75.4 Å². The highest BCUT2D eigenvalue weighted by Gasteiger charge is 2.31. The molecule has 2 amide bonds. The van der Waals surface area contributed by atoms with Crippen LogP contribution in [0.15, 0.2) is 0 Å². The third-order valence-corrected chi connectivity index (χ3v) is 4.23. The average Bonchev–Trinajstić information content (AvgIpc) is 3.00. The van der Waals surface area contributed by atoms with E-state index in [4.69, 9.17) is 5.73 Å². The molecule has 5 nitrogen and oxygen atoms in total. The van der Waals surface area contributed by atoms with Gasteiger partial charge in [0, 0.05) is 38.0 Å². The Labute approximate surface area is 114 Å². The summed E-state index contributed by atoms with van der Waals surface area (Å²) in [7, 11) is 0. The van der Waals surface area contributed by atoms with Crippen molar-refractivity contribution in [1.29, 1.82) is 0 Å². The van der Waals surface area contributed by atoms with E-state index in [2.05, 4.69) is 5.32 Å². The van der Waals surface area contributed by atoms with Crippen LogP contribution >= 0.6 is 0 Å². The minimum absolute atomic E-state index is 0.0152. The molecule has 0 bridgehead atoms. The Morgan fingerprint density at radius 2 is 1.74 bits per heavy atom. The third kappa shape index (κ3) is 4.20. The fourth-order valence-corrected chi connectivity index (χ4v) is 3.07. The average molecular weight is 267 g/mol. The second-order valence-electron chi connectivity index (χ2n) is 5.93. The number of carbonyl (C=O) groups excluding carboxylic acids is 2. The highest BCUT2D eigenvalue weighted by atomic mass is 16.2. The summed E-state index contributed by atoms with van der Waals surface area (Å²) in [6.07, 6.45) is 7.13. The highest BCUT2D eigenvalue weighted by molar-refractivity contribution is 5.79. The fourth-order valence-electron chi connectivity index (χ4n) is 3.07. The molecule has 2 aliphatic rings. The first-order valence-electron chi connectivity index (χ1n) is 7.42. The third-order valence-electron chi connectivity index (χ3n) is 4.23. The minimum Gasteiger partial charge on any atom is -0.356 e. The van der Waals surface area contributed by atoms with Gasteiger partial charge in [0.1, 0.15) is 0 Å². The summed E-state index contributed by atoms with van der Waals surface area (Å²) < 4.78 is 0. The van der Waals surface area contributed by atoms with Gasteiger partial charge < -0.3 is 16.0 Å². The normalized spacial score (nSPS) is 21.6. The van der Waals surface area contributed by atoms with Crippen LogP contribution in [0.25, 0.3) is 0 Å². The molecule has 0 aromatic rings. The molecular formula is C14H25N3O2. The predicted octanol–water partition coefficient (Wildman–Crippen LogP) is 0.777. The van der Waals surface area contributed by atoms with E-state index < -0.39 is 0 Å². The van der Waals surface area contributed by atoms with E-state index in [1.807, 2.05) is 4.90 Å². The first-order valence-corrected chi connectivity index (χ1v) is 7.42. The molecule has 0 aromatic heterocycles. The molecule has 1 saturated carbocycles. The quantitative estimate of drug-likeness (QED) is 0.773. The maximum Gasteiger partial charge on any atom is 0.224 e. The lowest BCUT2D eigenvalue weighted by atomic mass is 9.94. The fraction of sp³-hybridized carbons (Fsp3) is 0.857. The molecule has 1 aliphatic heterocycles. The van der Waals surface area contributed by atoms with E-state index in [9.17, 15) is 9.59 Å². The van der Waals surface area contributed by atoms with Crippen molar-refractivity contribution >= 4 is 11.8 Å². The summed E-state index contributed by atoms with van der Waals surface area (Å²) in [4.78, 5) is 25.5. The van der Waals surface area contributed by atoms with E-state index in [1.54, 1.807) is 0 Å². The van der Waals surface area contributed by atoms with E-state index in [-0.39, 0.29) is 17.4 Å². The van der Waals surface area contributed by atoms with Crippen LogP contribution in [-0.2, 0) is 9.59 Å². The van der Waals surface area contributed by atoms with Gasteiger partial charge in [0.05, 0.1) is 0 Å². The summed E-state index contributed by atoms with van der Waals surface area (Å²) in [6, 6.07) is 0. The highest BCUT2D eigenvalue weighted by Crippen LogP contribution is 2.29. The molecule has 3 N–H and O–H groups in total. The van der Waals surface area contributed by atoms with Gasteiger partial charge in [-0.25, -0.2) is 0 Å². The minimum atomic E-state index is -0.303. The largest absolute Gasteiger partial charge is 0.356 e.